The lowest BCUT2D eigenvalue weighted by atomic mass is 9.82. The highest BCUT2D eigenvalue weighted by molar-refractivity contribution is 5.85. The fraction of sp³-hybridized carbons (Fsp3) is 0.833. The van der Waals surface area contributed by atoms with Crippen molar-refractivity contribution in [3.05, 3.63) is 0 Å². The molecule has 4 heteroatoms. The molecule has 0 aromatic rings. The third kappa shape index (κ3) is 3.22. The minimum absolute atomic E-state index is 0.127. The van der Waals surface area contributed by atoms with Gasteiger partial charge in [-0.1, -0.05) is 26.7 Å². The van der Waals surface area contributed by atoms with Crippen molar-refractivity contribution in [3.8, 4) is 0 Å². The number of hydrogen-bond donors (Lipinski definition) is 2. The van der Waals surface area contributed by atoms with Gasteiger partial charge in [0.15, 0.2) is 0 Å². The average molecular weight is 227 g/mol. The molecule has 0 unspecified atom stereocenters. The molecule has 1 aliphatic rings. The van der Waals surface area contributed by atoms with Crippen molar-refractivity contribution < 1.29 is 14.7 Å². The number of carboxylic acid groups (broad SMARTS) is 1. The summed E-state index contributed by atoms with van der Waals surface area (Å²) < 4.78 is 0. The lowest BCUT2D eigenvalue weighted by molar-refractivity contribution is -0.151. The maximum Gasteiger partial charge on any atom is 0.310 e. The van der Waals surface area contributed by atoms with E-state index in [-0.39, 0.29) is 12.3 Å². The molecule has 4 nitrogen and oxygen atoms in total. The Balaban J connectivity index is 2.49. The Labute approximate surface area is 96.4 Å². The van der Waals surface area contributed by atoms with E-state index >= 15 is 0 Å². The number of carbonyl (C=O) groups is 2. The van der Waals surface area contributed by atoms with Crippen LogP contribution in [0.4, 0.5) is 0 Å². The van der Waals surface area contributed by atoms with Crippen LogP contribution in [0.3, 0.4) is 0 Å². The average Bonchev–Trinajstić information content (AvgIpc) is 2.64. The summed E-state index contributed by atoms with van der Waals surface area (Å²) in [7, 11) is 0. The molecule has 1 fully saturated rings. The molecule has 2 N–H and O–H groups in total. The minimum atomic E-state index is -0.815. The molecule has 0 spiro atoms. The lowest BCUT2D eigenvalue weighted by Crippen LogP contribution is -2.36. The van der Waals surface area contributed by atoms with E-state index in [0.29, 0.717) is 25.3 Å². The van der Waals surface area contributed by atoms with Crippen LogP contribution in [-0.2, 0) is 9.59 Å². The number of carbonyl (C=O) groups excluding carboxylic acids is 1. The third-order valence-corrected chi connectivity index (χ3v) is 3.22. The monoisotopic (exact) mass is 227 g/mol. The molecule has 1 saturated carbocycles. The quantitative estimate of drug-likeness (QED) is 0.752. The van der Waals surface area contributed by atoms with Gasteiger partial charge in [0.2, 0.25) is 5.91 Å². The second-order valence-corrected chi connectivity index (χ2v) is 5.17. The third-order valence-electron chi connectivity index (χ3n) is 3.22. The van der Waals surface area contributed by atoms with Gasteiger partial charge in [-0.15, -0.1) is 0 Å². The Morgan fingerprint density at radius 1 is 1.31 bits per heavy atom. The van der Waals surface area contributed by atoms with Crippen LogP contribution in [0.2, 0.25) is 0 Å². The van der Waals surface area contributed by atoms with Crippen molar-refractivity contribution in [1.82, 2.24) is 5.32 Å². The van der Waals surface area contributed by atoms with Gasteiger partial charge in [-0.3, -0.25) is 9.59 Å². The molecule has 0 radical (unpaired) electrons. The van der Waals surface area contributed by atoms with Crippen LogP contribution in [0.15, 0.2) is 0 Å². The van der Waals surface area contributed by atoms with Crippen LogP contribution in [0, 0.1) is 11.3 Å². The summed E-state index contributed by atoms with van der Waals surface area (Å²) in [5.74, 6) is -0.545. The molecule has 0 saturated heterocycles. The second kappa shape index (κ2) is 5.32. The summed E-state index contributed by atoms with van der Waals surface area (Å²) in [5, 5.41) is 12.0. The topological polar surface area (TPSA) is 66.4 Å². The maximum absolute atomic E-state index is 11.6. The number of rotatable bonds is 5. The van der Waals surface area contributed by atoms with E-state index in [1.54, 1.807) is 0 Å². The molecule has 0 atom stereocenters. The van der Waals surface area contributed by atoms with Crippen molar-refractivity contribution in [2.24, 2.45) is 11.3 Å². The largest absolute Gasteiger partial charge is 0.481 e. The van der Waals surface area contributed by atoms with E-state index in [0.717, 1.165) is 12.8 Å². The van der Waals surface area contributed by atoms with Crippen LogP contribution in [-0.4, -0.2) is 23.5 Å². The standard InChI is InChI=1S/C12H21NO3/c1-9(2)8-13-10(14)7-12(11(15)16)5-3-4-6-12/h9H,3-8H2,1-2H3,(H,13,14)(H,15,16). The van der Waals surface area contributed by atoms with Crippen LogP contribution in [0.1, 0.15) is 46.0 Å². The highest BCUT2D eigenvalue weighted by atomic mass is 16.4. The highest BCUT2D eigenvalue weighted by Crippen LogP contribution is 2.41. The van der Waals surface area contributed by atoms with Gasteiger partial charge in [-0.2, -0.15) is 0 Å². The minimum Gasteiger partial charge on any atom is -0.481 e. The van der Waals surface area contributed by atoms with Crippen molar-refractivity contribution >= 4 is 11.9 Å². The van der Waals surface area contributed by atoms with Crippen LogP contribution < -0.4 is 5.32 Å². The fourth-order valence-electron chi connectivity index (χ4n) is 2.21. The summed E-state index contributed by atoms with van der Waals surface area (Å²) in [6.07, 6.45) is 3.25. The van der Waals surface area contributed by atoms with Gasteiger partial charge in [0, 0.05) is 13.0 Å². The number of hydrogen-bond acceptors (Lipinski definition) is 2. The van der Waals surface area contributed by atoms with Gasteiger partial charge < -0.3 is 10.4 Å². The highest BCUT2D eigenvalue weighted by Gasteiger charge is 2.42. The second-order valence-electron chi connectivity index (χ2n) is 5.17. The van der Waals surface area contributed by atoms with E-state index in [9.17, 15) is 14.7 Å². The van der Waals surface area contributed by atoms with Crippen molar-refractivity contribution in [3.63, 3.8) is 0 Å². The Morgan fingerprint density at radius 2 is 1.88 bits per heavy atom. The smallest absolute Gasteiger partial charge is 0.310 e. The molecule has 1 aliphatic carbocycles. The first-order valence-corrected chi connectivity index (χ1v) is 5.96. The number of nitrogens with one attached hydrogen (secondary N) is 1. The number of carboxylic acids is 1. The lowest BCUT2D eigenvalue weighted by Gasteiger charge is -2.23. The van der Waals surface area contributed by atoms with Crippen molar-refractivity contribution in [1.29, 1.82) is 0 Å². The molecule has 0 aliphatic heterocycles. The van der Waals surface area contributed by atoms with Crippen LogP contribution in [0.5, 0.6) is 0 Å². The number of amides is 1. The number of aliphatic carboxylic acids is 1. The summed E-state index contributed by atoms with van der Waals surface area (Å²) in [6.45, 7) is 4.65. The Bertz CT molecular complexity index is 267. The molecular weight excluding hydrogens is 206 g/mol. The predicted molar refractivity (Wildman–Crippen MR) is 61.0 cm³/mol. The van der Waals surface area contributed by atoms with Crippen LogP contribution in [0.25, 0.3) is 0 Å². The van der Waals surface area contributed by atoms with E-state index < -0.39 is 11.4 Å². The van der Waals surface area contributed by atoms with Crippen molar-refractivity contribution in [2.75, 3.05) is 6.54 Å². The fourth-order valence-corrected chi connectivity index (χ4v) is 2.21. The first-order chi connectivity index (χ1) is 7.46. The van der Waals surface area contributed by atoms with E-state index in [2.05, 4.69) is 5.32 Å². The predicted octanol–water partition coefficient (Wildman–Crippen LogP) is 1.79. The zero-order valence-electron chi connectivity index (χ0n) is 10.1. The first kappa shape index (κ1) is 13.0. The Morgan fingerprint density at radius 3 is 2.31 bits per heavy atom. The molecule has 0 aromatic heterocycles. The zero-order valence-corrected chi connectivity index (χ0v) is 10.1. The summed E-state index contributed by atoms with van der Waals surface area (Å²) in [6, 6.07) is 0. The SMILES string of the molecule is CC(C)CNC(=O)CC1(C(=O)O)CCCC1. The zero-order chi connectivity index (χ0) is 12.2. The van der Waals surface area contributed by atoms with Gasteiger partial charge in [0.25, 0.3) is 0 Å². The molecule has 1 amide bonds. The molecule has 0 bridgehead atoms. The van der Waals surface area contributed by atoms with Gasteiger partial charge in [-0.25, -0.2) is 0 Å². The van der Waals surface area contributed by atoms with Crippen LogP contribution >= 0.6 is 0 Å². The summed E-state index contributed by atoms with van der Waals surface area (Å²) in [5.41, 5.74) is -0.791. The molecular formula is C12H21NO3. The summed E-state index contributed by atoms with van der Waals surface area (Å²) >= 11 is 0. The van der Waals surface area contributed by atoms with Gasteiger partial charge >= 0.3 is 5.97 Å². The van der Waals surface area contributed by atoms with Crippen molar-refractivity contribution in [2.45, 2.75) is 46.0 Å². The molecule has 0 aromatic carbocycles. The molecule has 16 heavy (non-hydrogen) atoms. The maximum atomic E-state index is 11.6. The van der Waals surface area contributed by atoms with E-state index in [4.69, 9.17) is 0 Å². The Kier molecular flexibility index (Phi) is 4.33. The first-order valence-electron chi connectivity index (χ1n) is 5.96. The molecule has 1 rings (SSSR count). The van der Waals surface area contributed by atoms with Gasteiger partial charge in [0.05, 0.1) is 5.41 Å². The Hall–Kier alpha value is -1.06. The summed E-state index contributed by atoms with van der Waals surface area (Å²) in [4.78, 5) is 22.9. The van der Waals surface area contributed by atoms with Gasteiger partial charge in [0.1, 0.15) is 0 Å². The molecule has 92 valence electrons. The molecule has 0 heterocycles. The van der Waals surface area contributed by atoms with E-state index in [1.807, 2.05) is 13.8 Å². The van der Waals surface area contributed by atoms with Gasteiger partial charge in [-0.05, 0) is 18.8 Å². The van der Waals surface area contributed by atoms with E-state index in [1.165, 1.54) is 0 Å². The normalized spacial score (nSPS) is 18.7.